The SMILES string of the molecule is C=CC(=O)OC(CCNC(C)=O)CNC(C)=O. The lowest BCUT2D eigenvalue weighted by Gasteiger charge is -2.17. The first kappa shape index (κ1) is 15.2. The summed E-state index contributed by atoms with van der Waals surface area (Å²) >= 11 is 0. The molecular weight excluding hydrogens is 224 g/mol. The monoisotopic (exact) mass is 242 g/mol. The van der Waals surface area contributed by atoms with E-state index in [1.54, 1.807) is 0 Å². The average molecular weight is 242 g/mol. The predicted octanol–water partition coefficient (Wildman–Crippen LogP) is -0.253. The smallest absolute Gasteiger partial charge is 0.330 e. The summed E-state index contributed by atoms with van der Waals surface area (Å²) in [5, 5.41) is 5.14. The van der Waals surface area contributed by atoms with Gasteiger partial charge >= 0.3 is 5.97 Å². The Morgan fingerprint density at radius 3 is 2.29 bits per heavy atom. The highest BCUT2D eigenvalue weighted by atomic mass is 16.5. The van der Waals surface area contributed by atoms with Crippen molar-refractivity contribution in [2.45, 2.75) is 26.4 Å². The van der Waals surface area contributed by atoms with E-state index in [-0.39, 0.29) is 18.4 Å². The van der Waals surface area contributed by atoms with Crippen LogP contribution < -0.4 is 10.6 Å². The van der Waals surface area contributed by atoms with E-state index in [2.05, 4.69) is 17.2 Å². The second kappa shape index (κ2) is 8.32. The summed E-state index contributed by atoms with van der Waals surface area (Å²) in [6.07, 6.45) is 1.01. The van der Waals surface area contributed by atoms with Crippen LogP contribution in [0.15, 0.2) is 12.7 Å². The fourth-order valence-electron chi connectivity index (χ4n) is 1.08. The Balaban J connectivity index is 4.09. The van der Waals surface area contributed by atoms with Gasteiger partial charge in [0.25, 0.3) is 0 Å². The lowest BCUT2D eigenvalue weighted by molar-refractivity contribution is -0.143. The van der Waals surface area contributed by atoms with Gasteiger partial charge in [-0.25, -0.2) is 4.79 Å². The lowest BCUT2D eigenvalue weighted by Crippen LogP contribution is -2.36. The molecule has 1 unspecified atom stereocenters. The molecule has 17 heavy (non-hydrogen) atoms. The zero-order valence-corrected chi connectivity index (χ0v) is 10.1. The van der Waals surface area contributed by atoms with Crippen molar-refractivity contribution in [3.63, 3.8) is 0 Å². The zero-order chi connectivity index (χ0) is 13.3. The molecule has 6 nitrogen and oxygen atoms in total. The fraction of sp³-hybridized carbons (Fsp3) is 0.545. The van der Waals surface area contributed by atoms with Crippen LogP contribution in [0.1, 0.15) is 20.3 Å². The summed E-state index contributed by atoms with van der Waals surface area (Å²) in [4.78, 5) is 32.4. The Morgan fingerprint density at radius 1 is 1.24 bits per heavy atom. The van der Waals surface area contributed by atoms with E-state index in [1.807, 2.05) is 0 Å². The molecule has 0 aromatic rings. The number of amides is 2. The first-order chi connectivity index (χ1) is 7.95. The Kier molecular flexibility index (Phi) is 7.41. The Labute approximate surface area is 100 Å². The number of carbonyl (C=O) groups excluding carboxylic acids is 3. The van der Waals surface area contributed by atoms with E-state index in [9.17, 15) is 14.4 Å². The van der Waals surface area contributed by atoms with Gasteiger partial charge in [-0.2, -0.15) is 0 Å². The molecule has 0 heterocycles. The third kappa shape index (κ3) is 9.10. The van der Waals surface area contributed by atoms with Gasteiger partial charge in [-0.15, -0.1) is 0 Å². The topological polar surface area (TPSA) is 84.5 Å². The van der Waals surface area contributed by atoms with Gasteiger partial charge in [0.2, 0.25) is 11.8 Å². The van der Waals surface area contributed by atoms with Crippen LogP contribution in [-0.2, 0) is 19.1 Å². The van der Waals surface area contributed by atoms with Crippen LogP contribution in [0.5, 0.6) is 0 Å². The summed E-state index contributed by atoms with van der Waals surface area (Å²) < 4.78 is 5.01. The molecule has 0 aliphatic carbocycles. The Morgan fingerprint density at radius 2 is 1.82 bits per heavy atom. The molecular formula is C11H18N2O4. The second-order valence-electron chi connectivity index (χ2n) is 3.47. The normalized spacial score (nSPS) is 11.2. The highest BCUT2D eigenvalue weighted by Gasteiger charge is 2.13. The minimum absolute atomic E-state index is 0.154. The average Bonchev–Trinajstić information content (AvgIpc) is 2.24. The van der Waals surface area contributed by atoms with Crippen molar-refractivity contribution in [3.05, 3.63) is 12.7 Å². The molecule has 0 aliphatic rings. The van der Waals surface area contributed by atoms with E-state index in [4.69, 9.17) is 4.74 Å². The maximum Gasteiger partial charge on any atom is 0.330 e. The molecule has 0 spiro atoms. The molecule has 0 bridgehead atoms. The molecule has 6 heteroatoms. The first-order valence-corrected chi connectivity index (χ1v) is 5.27. The molecule has 0 rings (SSSR count). The van der Waals surface area contributed by atoms with Crippen LogP contribution in [0.3, 0.4) is 0 Å². The minimum Gasteiger partial charge on any atom is -0.457 e. The molecule has 0 aromatic heterocycles. The van der Waals surface area contributed by atoms with Gasteiger partial charge in [0.05, 0.1) is 6.54 Å². The van der Waals surface area contributed by atoms with Crippen LogP contribution in [0.25, 0.3) is 0 Å². The van der Waals surface area contributed by atoms with E-state index in [0.717, 1.165) is 6.08 Å². The number of ether oxygens (including phenoxy) is 1. The molecule has 0 aliphatic heterocycles. The zero-order valence-electron chi connectivity index (χ0n) is 10.1. The number of carbonyl (C=O) groups is 3. The first-order valence-electron chi connectivity index (χ1n) is 5.27. The highest BCUT2D eigenvalue weighted by molar-refractivity contribution is 5.81. The van der Waals surface area contributed by atoms with Crippen molar-refractivity contribution in [3.8, 4) is 0 Å². The van der Waals surface area contributed by atoms with Crippen LogP contribution in [0.2, 0.25) is 0 Å². The minimum atomic E-state index is -0.553. The summed E-state index contributed by atoms with van der Waals surface area (Å²) in [6.45, 7) is 6.66. The van der Waals surface area contributed by atoms with Gasteiger partial charge < -0.3 is 15.4 Å². The summed E-state index contributed by atoms with van der Waals surface area (Å²) in [5.41, 5.74) is 0. The molecule has 0 aromatic carbocycles. The van der Waals surface area contributed by atoms with Crippen molar-refractivity contribution in [1.82, 2.24) is 10.6 Å². The Hall–Kier alpha value is -1.85. The molecule has 0 fully saturated rings. The molecule has 0 saturated carbocycles. The van der Waals surface area contributed by atoms with Crippen molar-refractivity contribution >= 4 is 17.8 Å². The van der Waals surface area contributed by atoms with Gasteiger partial charge in [0, 0.05) is 32.9 Å². The van der Waals surface area contributed by atoms with Gasteiger partial charge in [-0.05, 0) is 0 Å². The molecule has 2 N–H and O–H groups in total. The summed E-state index contributed by atoms with van der Waals surface area (Å²) in [6, 6.07) is 0. The third-order valence-corrected chi connectivity index (χ3v) is 1.87. The standard InChI is InChI=1S/C11H18N2O4/c1-4-11(16)17-10(7-13-9(3)15)5-6-12-8(2)14/h4,10H,1,5-7H2,2-3H3,(H,12,14)(H,13,15). The summed E-state index contributed by atoms with van der Waals surface area (Å²) in [5.74, 6) is -0.911. The van der Waals surface area contributed by atoms with Crippen LogP contribution in [0, 0.1) is 0 Å². The van der Waals surface area contributed by atoms with Crippen molar-refractivity contribution in [2.75, 3.05) is 13.1 Å². The van der Waals surface area contributed by atoms with E-state index in [1.165, 1.54) is 13.8 Å². The van der Waals surface area contributed by atoms with E-state index < -0.39 is 12.1 Å². The number of hydrogen-bond donors (Lipinski definition) is 2. The maximum absolute atomic E-state index is 11.0. The van der Waals surface area contributed by atoms with Crippen LogP contribution in [-0.4, -0.2) is 37.0 Å². The molecule has 2 amide bonds. The van der Waals surface area contributed by atoms with Gasteiger partial charge in [-0.3, -0.25) is 9.59 Å². The van der Waals surface area contributed by atoms with Gasteiger partial charge in [0.15, 0.2) is 0 Å². The fourth-order valence-corrected chi connectivity index (χ4v) is 1.08. The van der Waals surface area contributed by atoms with Crippen molar-refractivity contribution < 1.29 is 19.1 Å². The molecule has 0 radical (unpaired) electrons. The van der Waals surface area contributed by atoms with Gasteiger partial charge in [-0.1, -0.05) is 6.58 Å². The number of nitrogens with one attached hydrogen (secondary N) is 2. The predicted molar refractivity (Wildman–Crippen MR) is 62.1 cm³/mol. The lowest BCUT2D eigenvalue weighted by atomic mass is 10.2. The largest absolute Gasteiger partial charge is 0.457 e. The second-order valence-corrected chi connectivity index (χ2v) is 3.47. The number of rotatable bonds is 7. The Bertz CT molecular complexity index is 302. The van der Waals surface area contributed by atoms with Gasteiger partial charge in [0.1, 0.15) is 6.10 Å². The highest BCUT2D eigenvalue weighted by Crippen LogP contribution is 1.98. The van der Waals surface area contributed by atoms with Crippen LogP contribution >= 0.6 is 0 Å². The molecule has 96 valence electrons. The van der Waals surface area contributed by atoms with Crippen molar-refractivity contribution in [2.24, 2.45) is 0 Å². The quantitative estimate of drug-likeness (QED) is 0.476. The number of hydrogen-bond acceptors (Lipinski definition) is 4. The number of esters is 1. The maximum atomic E-state index is 11.0. The van der Waals surface area contributed by atoms with E-state index >= 15 is 0 Å². The van der Waals surface area contributed by atoms with E-state index in [0.29, 0.717) is 13.0 Å². The molecule has 0 saturated heterocycles. The van der Waals surface area contributed by atoms with Crippen LogP contribution in [0.4, 0.5) is 0 Å². The third-order valence-electron chi connectivity index (χ3n) is 1.87. The molecule has 1 atom stereocenters. The van der Waals surface area contributed by atoms with Crippen molar-refractivity contribution in [1.29, 1.82) is 0 Å². The summed E-state index contributed by atoms with van der Waals surface area (Å²) in [7, 11) is 0.